The summed E-state index contributed by atoms with van der Waals surface area (Å²) in [5.74, 6) is -0.157. The van der Waals surface area contributed by atoms with E-state index < -0.39 is 0 Å². The Labute approximate surface area is 175 Å². The van der Waals surface area contributed by atoms with Crippen LogP contribution in [0.2, 0.25) is 0 Å². The number of nitrogens with zero attached hydrogens (tertiary/aromatic N) is 2. The molecule has 0 fully saturated rings. The minimum atomic E-state index is -0.157. The number of halogens is 1. The third-order valence-corrected chi connectivity index (χ3v) is 3.66. The second kappa shape index (κ2) is 23.5. The second-order valence-electron chi connectivity index (χ2n) is 6.00. The fourth-order valence-corrected chi connectivity index (χ4v) is 1.83. The monoisotopic (exact) mass is 416 g/mol. The van der Waals surface area contributed by atoms with E-state index in [1.807, 2.05) is 44.5 Å². The number of hydrogen-bond donors (Lipinski definition) is 2. The molecule has 0 saturated heterocycles. The Morgan fingerprint density at radius 1 is 1.07 bits per heavy atom. The van der Waals surface area contributed by atoms with Gasteiger partial charge in [0.25, 0.3) is 0 Å². The molecule has 2 N–H and O–H groups in total. The molecule has 1 amide bonds. The summed E-state index contributed by atoms with van der Waals surface area (Å²) in [5, 5.41) is 7.38. The van der Waals surface area contributed by atoms with Gasteiger partial charge in [-0.1, -0.05) is 33.3 Å². The molecule has 0 radical (unpaired) electrons. The van der Waals surface area contributed by atoms with Crippen molar-refractivity contribution >= 4 is 27.8 Å². The molecule has 0 spiro atoms. The number of thiophene rings is 1. The van der Waals surface area contributed by atoms with Crippen LogP contribution >= 0.6 is 11.3 Å². The Bertz CT molecular complexity index is 554. The highest BCUT2D eigenvalue weighted by atomic mass is 32.1. The van der Waals surface area contributed by atoms with Crippen LogP contribution in [0.3, 0.4) is 0 Å². The maximum Gasteiger partial charge on any atom is 0.207 e. The molecule has 1 aromatic carbocycles. The molecular weight excluding hydrogens is 375 g/mol. The van der Waals surface area contributed by atoms with Gasteiger partial charge in [0.05, 0.1) is 0 Å². The number of amides is 1. The average molecular weight is 417 g/mol. The van der Waals surface area contributed by atoms with Crippen molar-refractivity contribution in [1.29, 1.82) is 0 Å². The van der Waals surface area contributed by atoms with Gasteiger partial charge in [-0.25, -0.2) is 4.39 Å². The number of fused-ring (bicyclic) bond motifs is 1. The number of nitrogens with one attached hydrogen (secondary N) is 2. The van der Waals surface area contributed by atoms with Crippen molar-refractivity contribution in [2.45, 2.75) is 34.1 Å². The van der Waals surface area contributed by atoms with Gasteiger partial charge in [-0.3, -0.25) is 15.2 Å². The lowest BCUT2D eigenvalue weighted by Gasteiger charge is -2.02. The van der Waals surface area contributed by atoms with Crippen LogP contribution in [-0.4, -0.2) is 64.6 Å². The van der Waals surface area contributed by atoms with Crippen molar-refractivity contribution in [3.63, 3.8) is 0 Å². The van der Waals surface area contributed by atoms with Crippen molar-refractivity contribution in [2.75, 3.05) is 48.3 Å². The zero-order valence-corrected chi connectivity index (χ0v) is 20.0. The Balaban J connectivity index is -0.000000303. The van der Waals surface area contributed by atoms with Gasteiger partial charge in [0.15, 0.2) is 0 Å². The zero-order chi connectivity index (χ0) is 22.4. The summed E-state index contributed by atoms with van der Waals surface area (Å²) >= 11 is 1.56. The molecular formula is C21H41FN4OS. The van der Waals surface area contributed by atoms with Crippen molar-refractivity contribution in [3.05, 3.63) is 35.5 Å². The number of hydrogen-bond acceptors (Lipinski definition) is 5. The molecule has 7 heteroatoms. The van der Waals surface area contributed by atoms with Gasteiger partial charge >= 0.3 is 0 Å². The number of hydrazine groups is 1. The Kier molecular flexibility index (Phi) is 26.2. The standard InChI is InChI=1S/C8H5FS.C4H11N.C3H10N2.C3H7NO.C3H8/c9-7-2-1-6-3-4-10-8(6)5-7;2*1-4-5(2)3;1-2-4-3-5;1-3-2/h1-5H;4H2,1-3H3;4H,1-3H3;3H,2H2,1H3,(H,4,5);3H2,1-2H3. The molecule has 0 unspecified atom stereocenters. The topological polar surface area (TPSA) is 47.6 Å². The predicted molar refractivity (Wildman–Crippen MR) is 124 cm³/mol. The van der Waals surface area contributed by atoms with Gasteiger partial charge in [0, 0.05) is 25.3 Å². The van der Waals surface area contributed by atoms with Crippen molar-refractivity contribution in [2.24, 2.45) is 0 Å². The highest BCUT2D eigenvalue weighted by Crippen LogP contribution is 2.20. The molecule has 1 heterocycles. The molecule has 0 bridgehead atoms. The summed E-state index contributed by atoms with van der Waals surface area (Å²) in [6.07, 6.45) is 1.93. The normalized spacial score (nSPS) is 9.00. The number of carbonyl (C=O) groups is 1. The molecule has 2 aromatic rings. The van der Waals surface area contributed by atoms with Gasteiger partial charge in [-0.2, -0.15) is 0 Å². The van der Waals surface area contributed by atoms with E-state index in [1.54, 1.807) is 23.5 Å². The van der Waals surface area contributed by atoms with Crippen LogP contribution in [-0.2, 0) is 4.79 Å². The maximum atomic E-state index is 12.5. The van der Waals surface area contributed by atoms with Crippen molar-refractivity contribution < 1.29 is 9.18 Å². The lowest BCUT2D eigenvalue weighted by Crippen LogP contribution is -2.25. The zero-order valence-electron chi connectivity index (χ0n) is 19.2. The van der Waals surface area contributed by atoms with E-state index in [1.165, 1.54) is 12.5 Å². The maximum absolute atomic E-state index is 12.5. The van der Waals surface area contributed by atoms with Crippen molar-refractivity contribution in [1.82, 2.24) is 20.7 Å². The molecule has 2 rings (SSSR count). The first-order valence-electron chi connectivity index (χ1n) is 9.52. The van der Waals surface area contributed by atoms with Crippen molar-refractivity contribution in [3.8, 4) is 0 Å². The quantitative estimate of drug-likeness (QED) is 0.571. The van der Waals surface area contributed by atoms with Crippen LogP contribution in [0.4, 0.5) is 4.39 Å². The highest BCUT2D eigenvalue weighted by Gasteiger charge is 1.94. The largest absolute Gasteiger partial charge is 0.359 e. The first kappa shape index (κ1) is 31.2. The highest BCUT2D eigenvalue weighted by molar-refractivity contribution is 7.17. The average Bonchev–Trinajstić information content (AvgIpc) is 3.12. The first-order valence-corrected chi connectivity index (χ1v) is 10.4. The summed E-state index contributed by atoms with van der Waals surface area (Å²) in [5.41, 5.74) is 2.86. The van der Waals surface area contributed by atoms with Gasteiger partial charge in [0.2, 0.25) is 6.41 Å². The minimum absolute atomic E-state index is 0.157. The number of carbonyl (C=O) groups excluding carboxylic acids is 1. The molecule has 0 aliphatic carbocycles. The smallest absolute Gasteiger partial charge is 0.207 e. The Morgan fingerprint density at radius 3 is 1.89 bits per heavy atom. The molecule has 5 nitrogen and oxygen atoms in total. The van der Waals surface area contributed by atoms with Crippen LogP contribution in [0.1, 0.15) is 34.1 Å². The summed E-state index contributed by atoms with van der Waals surface area (Å²) < 4.78 is 13.5. The lowest BCUT2D eigenvalue weighted by molar-refractivity contribution is -0.109. The predicted octanol–water partition coefficient (Wildman–Crippen LogP) is 4.46. The van der Waals surface area contributed by atoms with Crippen LogP contribution in [0.15, 0.2) is 29.6 Å². The fourth-order valence-electron chi connectivity index (χ4n) is 1.01. The molecule has 0 aliphatic rings. The summed E-state index contributed by atoms with van der Waals surface area (Å²) in [4.78, 5) is 11.4. The van der Waals surface area contributed by atoms with E-state index in [2.05, 4.69) is 50.5 Å². The summed E-state index contributed by atoms with van der Waals surface area (Å²) in [7, 11) is 9.88. The fraction of sp³-hybridized carbons (Fsp3) is 0.571. The van der Waals surface area contributed by atoms with Crippen LogP contribution in [0.5, 0.6) is 0 Å². The number of rotatable bonds is 4. The van der Waals surface area contributed by atoms with Gasteiger partial charge in [0.1, 0.15) is 5.82 Å². The third kappa shape index (κ3) is 24.5. The Hall–Kier alpha value is -1.54. The minimum Gasteiger partial charge on any atom is -0.359 e. The third-order valence-electron chi connectivity index (χ3n) is 2.79. The van der Waals surface area contributed by atoms with E-state index in [0.717, 1.165) is 23.2 Å². The van der Waals surface area contributed by atoms with Crippen LogP contribution in [0.25, 0.3) is 10.1 Å². The van der Waals surface area contributed by atoms with Gasteiger partial charge < -0.3 is 10.2 Å². The van der Waals surface area contributed by atoms with Gasteiger partial charge in [-0.15, -0.1) is 11.3 Å². The molecule has 0 aliphatic heterocycles. The van der Waals surface area contributed by atoms with E-state index >= 15 is 0 Å². The van der Waals surface area contributed by atoms with E-state index in [0.29, 0.717) is 6.41 Å². The molecule has 0 atom stereocenters. The SMILES string of the molecule is CCC.CCN(C)C.CCNC=O.CNN(C)C.Fc1ccc2ccsc2c1. The van der Waals surface area contributed by atoms with E-state index in [-0.39, 0.29) is 5.82 Å². The molecule has 1 aromatic heterocycles. The summed E-state index contributed by atoms with van der Waals surface area (Å²) in [6.45, 7) is 10.1. The second-order valence-corrected chi connectivity index (χ2v) is 6.95. The van der Waals surface area contributed by atoms with E-state index in [4.69, 9.17) is 0 Å². The lowest BCUT2D eigenvalue weighted by atomic mass is 10.3. The molecule has 164 valence electrons. The molecule has 0 saturated carbocycles. The Morgan fingerprint density at radius 2 is 1.57 bits per heavy atom. The van der Waals surface area contributed by atoms with Gasteiger partial charge in [-0.05, 0) is 63.6 Å². The van der Waals surface area contributed by atoms with Crippen LogP contribution < -0.4 is 10.7 Å². The number of benzene rings is 1. The summed E-state index contributed by atoms with van der Waals surface area (Å²) in [6, 6.07) is 6.82. The van der Waals surface area contributed by atoms with E-state index in [9.17, 15) is 9.18 Å². The molecule has 28 heavy (non-hydrogen) atoms. The van der Waals surface area contributed by atoms with Crippen LogP contribution in [0, 0.1) is 5.82 Å². The first-order chi connectivity index (χ1) is 13.2.